The van der Waals surface area contributed by atoms with Crippen molar-refractivity contribution in [2.75, 3.05) is 12.9 Å². The number of aryl methyl sites for hydroxylation is 1. The third-order valence-corrected chi connectivity index (χ3v) is 2.70. The number of esters is 1. The smallest absolute Gasteiger partial charge is 0.306 e. The van der Waals surface area contributed by atoms with Gasteiger partial charge in [0.25, 0.3) is 0 Å². The van der Waals surface area contributed by atoms with Crippen molar-refractivity contribution in [1.82, 2.24) is 0 Å². The van der Waals surface area contributed by atoms with Gasteiger partial charge in [-0.3, -0.25) is 4.79 Å². The molecule has 0 aliphatic heterocycles. The van der Waals surface area contributed by atoms with Crippen molar-refractivity contribution in [2.24, 2.45) is 0 Å². The molecule has 0 spiro atoms. The highest BCUT2D eigenvalue weighted by atomic mass is 32.2. The maximum absolute atomic E-state index is 10.8. The van der Waals surface area contributed by atoms with Gasteiger partial charge < -0.3 is 9.15 Å². The van der Waals surface area contributed by atoms with E-state index in [9.17, 15) is 4.79 Å². The monoisotopic (exact) mass is 214 g/mol. The summed E-state index contributed by atoms with van der Waals surface area (Å²) in [5.74, 6) is 3.30. The van der Waals surface area contributed by atoms with E-state index in [1.807, 2.05) is 19.1 Å². The molecule has 0 aliphatic carbocycles. The third kappa shape index (κ3) is 3.87. The summed E-state index contributed by atoms with van der Waals surface area (Å²) in [6, 6.07) is 3.90. The summed E-state index contributed by atoms with van der Waals surface area (Å²) in [6.07, 6.45) is 0.459. The second-order valence-electron chi connectivity index (χ2n) is 2.89. The van der Waals surface area contributed by atoms with Crippen LogP contribution in [0.3, 0.4) is 0 Å². The Bertz CT molecular complexity index is 293. The van der Waals surface area contributed by atoms with Crippen LogP contribution >= 0.6 is 11.8 Å². The molecule has 0 aliphatic rings. The first kappa shape index (κ1) is 11.2. The van der Waals surface area contributed by atoms with Gasteiger partial charge in [-0.05, 0) is 19.1 Å². The number of hydrogen-bond donors (Lipinski definition) is 0. The van der Waals surface area contributed by atoms with Gasteiger partial charge in [0.05, 0.1) is 19.3 Å². The minimum absolute atomic E-state index is 0.159. The normalized spacial score (nSPS) is 10.1. The first-order valence-corrected chi connectivity index (χ1v) is 5.57. The number of methoxy groups -OCH3 is 1. The topological polar surface area (TPSA) is 39.4 Å². The summed E-state index contributed by atoms with van der Waals surface area (Å²) >= 11 is 1.67. The number of rotatable bonds is 5. The van der Waals surface area contributed by atoms with E-state index in [0.717, 1.165) is 23.0 Å². The van der Waals surface area contributed by atoms with Gasteiger partial charge in [-0.15, -0.1) is 0 Å². The predicted octanol–water partition coefficient (Wildman–Crippen LogP) is 2.38. The molecule has 78 valence electrons. The number of hydrogen-bond acceptors (Lipinski definition) is 4. The molecule has 0 fully saturated rings. The molecule has 0 saturated heterocycles. The van der Waals surface area contributed by atoms with Crippen LogP contribution in [0.1, 0.15) is 17.9 Å². The third-order valence-electron chi connectivity index (χ3n) is 1.72. The van der Waals surface area contributed by atoms with Crippen LogP contribution in [0, 0.1) is 6.92 Å². The lowest BCUT2D eigenvalue weighted by Crippen LogP contribution is -2.01. The van der Waals surface area contributed by atoms with Crippen LogP contribution in [0.2, 0.25) is 0 Å². The van der Waals surface area contributed by atoms with Crippen LogP contribution in [0.25, 0.3) is 0 Å². The van der Waals surface area contributed by atoms with Gasteiger partial charge in [-0.1, -0.05) is 0 Å². The average molecular weight is 214 g/mol. The van der Waals surface area contributed by atoms with Crippen LogP contribution in [-0.2, 0) is 15.3 Å². The molecule has 0 N–H and O–H groups in total. The van der Waals surface area contributed by atoms with Crippen molar-refractivity contribution in [1.29, 1.82) is 0 Å². The summed E-state index contributed by atoms with van der Waals surface area (Å²) in [6.45, 7) is 1.92. The zero-order chi connectivity index (χ0) is 10.4. The summed E-state index contributed by atoms with van der Waals surface area (Å²) < 4.78 is 9.91. The van der Waals surface area contributed by atoms with Crippen LogP contribution in [0.15, 0.2) is 16.5 Å². The molecule has 14 heavy (non-hydrogen) atoms. The zero-order valence-corrected chi connectivity index (χ0v) is 9.23. The second kappa shape index (κ2) is 5.75. The van der Waals surface area contributed by atoms with E-state index >= 15 is 0 Å². The van der Waals surface area contributed by atoms with Crippen molar-refractivity contribution in [3.63, 3.8) is 0 Å². The average Bonchev–Trinajstić information content (AvgIpc) is 2.58. The predicted molar refractivity (Wildman–Crippen MR) is 56.2 cm³/mol. The molecule has 1 aromatic rings. The molecular weight excluding hydrogens is 200 g/mol. The maximum atomic E-state index is 10.8. The fourth-order valence-corrected chi connectivity index (χ4v) is 1.80. The Balaban J connectivity index is 2.13. The van der Waals surface area contributed by atoms with E-state index in [1.165, 1.54) is 7.11 Å². The molecular formula is C10H14O3S. The van der Waals surface area contributed by atoms with Crippen molar-refractivity contribution >= 4 is 17.7 Å². The van der Waals surface area contributed by atoms with Gasteiger partial charge in [0.1, 0.15) is 11.5 Å². The molecule has 0 radical (unpaired) electrons. The Labute approximate surface area is 87.8 Å². The first-order valence-electron chi connectivity index (χ1n) is 4.42. The Morgan fingerprint density at radius 1 is 1.57 bits per heavy atom. The highest BCUT2D eigenvalue weighted by Crippen LogP contribution is 2.15. The van der Waals surface area contributed by atoms with Crippen LogP contribution < -0.4 is 0 Å². The van der Waals surface area contributed by atoms with Gasteiger partial charge in [0.15, 0.2) is 0 Å². The lowest BCUT2D eigenvalue weighted by molar-refractivity contribution is -0.140. The first-order chi connectivity index (χ1) is 6.72. The minimum Gasteiger partial charge on any atom is -0.469 e. The number of carbonyl (C=O) groups is 1. The molecule has 0 amide bonds. The van der Waals surface area contributed by atoms with E-state index < -0.39 is 0 Å². The molecule has 0 bridgehead atoms. The minimum atomic E-state index is -0.159. The van der Waals surface area contributed by atoms with E-state index in [2.05, 4.69) is 4.74 Å². The number of thioether (sulfide) groups is 1. The molecule has 1 heterocycles. The molecule has 1 aromatic heterocycles. The van der Waals surface area contributed by atoms with Gasteiger partial charge in [0, 0.05) is 5.75 Å². The maximum Gasteiger partial charge on any atom is 0.306 e. The van der Waals surface area contributed by atoms with Gasteiger partial charge in [-0.2, -0.15) is 11.8 Å². The zero-order valence-electron chi connectivity index (χ0n) is 8.41. The van der Waals surface area contributed by atoms with E-state index in [1.54, 1.807) is 11.8 Å². The Kier molecular flexibility index (Phi) is 4.59. The molecule has 0 saturated carbocycles. The molecule has 3 nitrogen and oxygen atoms in total. The van der Waals surface area contributed by atoms with Crippen molar-refractivity contribution in [3.8, 4) is 0 Å². The standard InChI is InChI=1S/C10H14O3S/c1-8-3-4-9(13-8)7-14-6-5-10(11)12-2/h3-4H,5-7H2,1-2H3. The highest BCUT2D eigenvalue weighted by molar-refractivity contribution is 7.98. The fraction of sp³-hybridized carbons (Fsp3) is 0.500. The Hall–Kier alpha value is -0.900. The Morgan fingerprint density at radius 2 is 2.36 bits per heavy atom. The molecule has 0 aromatic carbocycles. The molecule has 0 atom stereocenters. The lowest BCUT2D eigenvalue weighted by Gasteiger charge is -1.98. The SMILES string of the molecule is COC(=O)CCSCc1ccc(C)o1. The van der Waals surface area contributed by atoms with E-state index in [-0.39, 0.29) is 5.97 Å². The van der Waals surface area contributed by atoms with Crippen LogP contribution in [0.4, 0.5) is 0 Å². The summed E-state index contributed by atoms with van der Waals surface area (Å²) in [7, 11) is 1.41. The quantitative estimate of drug-likeness (QED) is 0.557. The van der Waals surface area contributed by atoms with Crippen molar-refractivity contribution in [2.45, 2.75) is 19.1 Å². The number of furan rings is 1. The lowest BCUT2D eigenvalue weighted by atomic mass is 10.5. The largest absolute Gasteiger partial charge is 0.469 e. The van der Waals surface area contributed by atoms with Gasteiger partial charge in [0.2, 0.25) is 0 Å². The summed E-state index contributed by atoms with van der Waals surface area (Å²) in [4.78, 5) is 10.8. The molecule has 4 heteroatoms. The van der Waals surface area contributed by atoms with Gasteiger partial charge in [-0.25, -0.2) is 0 Å². The number of ether oxygens (including phenoxy) is 1. The van der Waals surface area contributed by atoms with Gasteiger partial charge >= 0.3 is 5.97 Å². The summed E-state index contributed by atoms with van der Waals surface area (Å²) in [5.41, 5.74) is 0. The van der Waals surface area contributed by atoms with Crippen molar-refractivity contribution < 1.29 is 13.9 Å². The number of carbonyl (C=O) groups excluding carboxylic acids is 1. The van der Waals surface area contributed by atoms with Crippen molar-refractivity contribution in [3.05, 3.63) is 23.7 Å². The molecule has 1 rings (SSSR count). The fourth-order valence-electron chi connectivity index (χ4n) is 0.993. The second-order valence-corrected chi connectivity index (χ2v) is 4.00. The summed E-state index contributed by atoms with van der Waals surface area (Å²) in [5, 5.41) is 0. The van der Waals surface area contributed by atoms with Crippen LogP contribution in [0.5, 0.6) is 0 Å². The van der Waals surface area contributed by atoms with Crippen LogP contribution in [-0.4, -0.2) is 18.8 Å². The molecule has 0 unspecified atom stereocenters. The van der Waals surface area contributed by atoms with E-state index in [0.29, 0.717) is 6.42 Å². The Morgan fingerprint density at radius 3 is 2.93 bits per heavy atom. The van der Waals surface area contributed by atoms with E-state index in [4.69, 9.17) is 4.42 Å². The highest BCUT2D eigenvalue weighted by Gasteiger charge is 2.02.